The third kappa shape index (κ3) is 2.59. The Morgan fingerprint density at radius 2 is 2.11 bits per heavy atom. The molecule has 98 valence electrons. The molecule has 1 fully saturated rings. The minimum Gasteiger partial charge on any atom is -0.456 e. The number of carbonyl (C=O) groups is 1. The van der Waals surface area contributed by atoms with Gasteiger partial charge in [-0.05, 0) is 43.0 Å². The smallest absolute Gasteiger partial charge is 0.145 e. The highest BCUT2D eigenvalue weighted by atomic mass is 35.5. The van der Waals surface area contributed by atoms with Crippen LogP contribution >= 0.6 is 11.6 Å². The number of Topliss-reactive ketones (excluding diaryl/α,β-unsaturated/α-hetero) is 1. The molecular formula is C16H15ClO2. The van der Waals surface area contributed by atoms with Crippen LogP contribution in [0.1, 0.15) is 19.3 Å². The second-order valence-electron chi connectivity index (χ2n) is 5.01. The van der Waals surface area contributed by atoms with E-state index < -0.39 is 0 Å². The second kappa shape index (κ2) is 5.22. The maximum absolute atomic E-state index is 11.8. The van der Waals surface area contributed by atoms with Crippen molar-refractivity contribution in [2.24, 2.45) is 11.8 Å². The number of rotatable bonds is 2. The van der Waals surface area contributed by atoms with Crippen LogP contribution in [0.15, 0.2) is 48.3 Å². The molecule has 0 radical (unpaired) electrons. The Hall–Kier alpha value is -1.54. The number of ketones is 1. The lowest BCUT2D eigenvalue weighted by Crippen LogP contribution is -2.27. The average molecular weight is 275 g/mol. The molecule has 2 aliphatic rings. The number of hydrogen-bond donors (Lipinski definition) is 0. The normalized spacial score (nSPS) is 25.7. The Kier molecular flexibility index (Phi) is 3.43. The lowest BCUT2D eigenvalue weighted by atomic mass is 9.76. The number of benzene rings is 1. The lowest BCUT2D eigenvalue weighted by Gasteiger charge is -2.29. The molecule has 2 nitrogen and oxygen atoms in total. The summed E-state index contributed by atoms with van der Waals surface area (Å²) in [5.74, 6) is 2.11. The molecule has 0 aromatic heterocycles. The Balaban J connectivity index is 1.79. The maximum Gasteiger partial charge on any atom is 0.145 e. The van der Waals surface area contributed by atoms with Crippen molar-refractivity contribution in [2.45, 2.75) is 19.3 Å². The van der Waals surface area contributed by atoms with Crippen molar-refractivity contribution in [3.63, 3.8) is 0 Å². The first-order valence-corrected chi connectivity index (χ1v) is 6.97. The fourth-order valence-electron chi connectivity index (χ4n) is 2.72. The average Bonchev–Trinajstić information content (AvgIpc) is 2.42. The summed E-state index contributed by atoms with van der Waals surface area (Å²) < 4.78 is 5.80. The minimum absolute atomic E-state index is 0.0485. The zero-order valence-corrected chi connectivity index (χ0v) is 11.3. The molecular weight excluding hydrogens is 260 g/mol. The predicted molar refractivity (Wildman–Crippen MR) is 75.1 cm³/mol. The van der Waals surface area contributed by atoms with Crippen LogP contribution in [0.5, 0.6) is 5.75 Å². The van der Waals surface area contributed by atoms with Crippen molar-refractivity contribution in [2.75, 3.05) is 0 Å². The Morgan fingerprint density at radius 1 is 1.26 bits per heavy atom. The molecule has 19 heavy (non-hydrogen) atoms. The fourth-order valence-corrected chi connectivity index (χ4v) is 2.90. The van der Waals surface area contributed by atoms with Gasteiger partial charge < -0.3 is 4.74 Å². The van der Waals surface area contributed by atoms with Crippen LogP contribution in [-0.4, -0.2) is 5.78 Å². The largest absolute Gasteiger partial charge is 0.456 e. The van der Waals surface area contributed by atoms with E-state index >= 15 is 0 Å². The summed E-state index contributed by atoms with van der Waals surface area (Å²) >= 11 is 6.07. The Morgan fingerprint density at radius 3 is 2.95 bits per heavy atom. The van der Waals surface area contributed by atoms with Crippen molar-refractivity contribution in [3.8, 4) is 5.75 Å². The predicted octanol–water partition coefficient (Wildman–Crippen LogP) is 4.16. The van der Waals surface area contributed by atoms with Gasteiger partial charge in [-0.25, -0.2) is 0 Å². The summed E-state index contributed by atoms with van der Waals surface area (Å²) in [5, 5.41) is 0.596. The van der Waals surface area contributed by atoms with Crippen molar-refractivity contribution in [1.29, 1.82) is 0 Å². The molecule has 0 bridgehead atoms. The zero-order chi connectivity index (χ0) is 13.2. The lowest BCUT2D eigenvalue weighted by molar-refractivity contribution is -0.124. The SMILES string of the molecule is O=C1CCCC2C=C(Oc3ccccc3Cl)C=CC12. The number of halogens is 1. The molecule has 0 saturated heterocycles. The standard InChI is InChI=1S/C16H15ClO2/c17-14-5-1-2-7-16(14)19-12-8-9-13-11(10-12)4-3-6-15(13)18/h1-2,5,7-11,13H,3-4,6H2. The summed E-state index contributed by atoms with van der Waals surface area (Å²) in [5.41, 5.74) is 0. The summed E-state index contributed by atoms with van der Waals surface area (Å²) in [6.07, 6.45) is 8.65. The molecule has 2 unspecified atom stereocenters. The van der Waals surface area contributed by atoms with Gasteiger partial charge in [0, 0.05) is 12.3 Å². The summed E-state index contributed by atoms with van der Waals surface area (Å²) in [6.45, 7) is 0. The van der Waals surface area contributed by atoms with E-state index in [0.29, 0.717) is 23.0 Å². The first-order chi connectivity index (χ1) is 9.24. The van der Waals surface area contributed by atoms with E-state index in [4.69, 9.17) is 16.3 Å². The fraction of sp³-hybridized carbons (Fsp3) is 0.312. The van der Waals surface area contributed by atoms with Gasteiger partial charge in [0.25, 0.3) is 0 Å². The molecule has 0 amide bonds. The molecule has 0 N–H and O–H groups in total. The van der Waals surface area contributed by atoms with Crippen LogP contribution in [-0.2, 0) is 4.79 Å². The molecule has 0 aliphatic heterocycles. The van der Waals surface area contributed by atoms with E-state index in [2.05, 4.69) is 6.08 Å². The molecule has 2 atom stereocenters. The monoisotopic (exact) mass is 274 g/mol. The molecule has 0 heterocycles. The maximum atomic E-state index is 11.8. The van der Waals surface area contributed by atoms with E-state index in [-0.39, 0.29) is 11.8 Å². The quantitative estimate of drug-likeness (QED) is 0.809. The summed E-state index contributed by atoms with van der Waals surface area (Å²) in [6, 6.07) is 7.41. The number of hydrogen-bond acceptors (Lipinski definition) is 2. The van der Waals surface area contributed by atoms with Crippen LogP contribution in [0.4, 0.5) is 0 Å². The zero-order valence-electron chi connectivity index (χ0n) is 10.5. The highest BCUT2D eigenvalue weighted by Gasteiger charge is 2.30. The number of carbonyl (C=O) groups excluding carboxylic acids is 1. The van der Waals surface area contributed by atoms with Gasteiger partial charge in [-0.3, -0.25) is 4.79 Å². The molecule has 3 heteroatoms. The van der Waals surface area contributed by atoms with Crippen molar-refractivity contribution >= 4 is 17.4 Å². The molecule has 0 spiro atoms. The second-order valence-corrected chi connectivity index (χ2v) is 5.42. The topological polar surface area (TPSA) is 26.3 Å². The van der Waals surface area contributed by atoms with E-state index in [1.54, 1.807) is 6.07 Å². The molecule has 1 aromatic rings. The van der Waals surface area contributed by atoms with E-state index in [1.807, 2.05) is 30.4 Å². The highest BCUT2D eigenvalue weighted by Crippen LogP contribution is 2.35. The molecule has 1 saturated carbocycles. The van der Waals surface area contributed by atoms with Crippen LogP contribution in [0, 0.1) is 11.8 Å². The van der Waals surface area contributed by atoms with Crippen molar-refractivity contribution in [1.82, 2.24) is 0 Å². The van der Waals surface area contributed by atoms with Crippen LogP contribution in [0.3, 0.4) is 0 Å². The Labute approximate surface area is 117 Å². The van der Waals surface area contributed by atoms with Crippen molar-refractivity contribution < 1.29 is 9.53 Å². The first kappa shape index (κ1) is 12.5. The summed E-state index contributed by atoms with van der Waals surface area (Å²) in [7, 11) is 0. The first-order valence-electron chi connectivity index (χ1n) is 6.59. The van der Waals surface area contributed by atoms with Crippen molar-refractivity contribution in [3.05, 3.63) is 53.3 Å². The van der Waals surface area contributed by atoms with Crippen LogP contribution < -0.4 is 4.74 Å². The number of para-hydroxylation sites is 1. The third-order valence-electron chi connectivity index (χ3n) is 3.70. The van der Waals surface area contributed by atoms with Crippen LogP contribution in [0.2, 0.25) is 5.02 Å². The molecule has 3 rings (SSSR count). The number of fused-ring (bicyclic) bond motifs is 1. The van der Waals surface area contributed by atoms with Gasteiger partial charge in [0.15, 0.2) is 0 Å². The van der Waals surface area contributed by atoms with E-state index in [1.165, 1.54) is 0 Å². The van der Waals surface area contributed by atoms with Gasteiger partial charge in [-0.2, -0.15) is 0 Å². The number of ether oxygens (including phenoxy) is 1. The van der Waals surface area contributed by atoms with E-state index in [9.17, 15) is 4.79 Å². The number of allylic oxidation sites excluding steroid dienone is 3. The highest BCUT2D eigenvalue weighted by molar-refractivity contribution is 6.32. The van der Waals surface area contributed by atoms with Gasteiger partial charge in [-0.15, -0.1) is 0 Å². The van der Waals surface area contributed by atoms with Gasteiger partial charge in [0.05, 0.1) is 5.02 Å². The summed E-state index contributed by atoms with van der Waals surface area (Å²) in [4.78, 5) is 11.8. The Bertz CT molecular complexity index is 560. The molecule has 2 aliphatic carbocycles. The van der Waals surface area contributed by atoms with Crippen LogP contribution in [0.25, 0.3) is 0 Å². The molecule has 1 aromatic carbocycles. The van der Waals surface area contributed by atoms with Gasteiger partial charge in [-0.1, -0.05) is 29.8 Å². The van der Waals surface area contributed by atoms with Gasteiger partial charge >= 0.3 is 0 Å². The van der Waals surface area contributed by atoms with E-state index in [0.717, 1.165) is 18.6 Å². The third-order valence-corrected chi connectivity index (χ3v) is 4.02. The van der Waals surface area contributed by atoms with Gasteiger partial charge in [0.1, 0.15) is 17.3 Å². The van der Waals surface area contributed by atoms with Gasteiger partial charge in [0.2, 0.25) is 0 Å². The minimum atomic E-state index is 0.0485.